The molecule has 2 rings (SSSR count). The highest BCUT2D eigenvalue weighted by molar-refractivity contribution is 9.10. The summed E-state index contributed by atoms with van der Waals surface area (Å²) in [6.07, 6.45) is 0. The lowest BCUT2D eigenvalue weighted by Gasteiger charge is -2.18. The first-order valence-electron chi connectivity index (χ1n) is 6.96. The van der Waals surface area contributed by atoms with Crippen molar-refractivity contribution in [2.24, 2.45) is 0 Å². The van der Waals surface area contributed by atoms with Crippen molar-refractivity contribution in [1.29, 1.82) is 0 Å². The second-order valence-corrected chi connectivity index (χ2v) is 6.61. The Morgan fingerprint density at radius 3 is 2.50 bits per heavy atom. The number of anilines is 1. The number of hydrogen-bond donors (Lipinski definition) is 2. The molecular weight excluding hydrogens is 363 g/mol. The van der Waals surface area contributed by atoms with Crippen molar-refractivity contribution < 1.29 is 4.39 Å². The van der Waals surface area contributed by atoms with Gasteiger partial charge >= 0.3 is 0 Å². The highest BCUT2D eigenvalue weighted by atomic mass is 79.9. The molecule has 0 aliphatic rings. The summed E-state index contributed by atoms with van der Waals surface area (Å²) in [6, 6.07) is 11.1. The molecule has 0 spiro atoms. The minimum atomic E-state index is -0.350. The SMILES string of the molecule is Cc1ccc([C@@H](C)NC(=S)Nc2ccc(Br)cc2F)cc1C. The second-order valence-electron chi connectivity index (χ2n) is 5.29. The topological polar surface area (TPSA) is 24.1 Å². The van der Waals surface area contributed by atoms with Gasteiger partial charge in [-0.2, -0.15) is 0 Å². The van der Waals surface area contributed by atoms with E-state index >= 15 is 0 Å². The molecule has 0 unspecified atom stereocenters. The molecule has 0 fully saturated rings. The number of nitrogens with one attached hydrogen (secondary N) is 2. The van der Waals surface area contributed by atoms with Crippen molar-refractivity contribution in [2.45, 2.75) is 26.8 Å². The van der Waals surface area contributed by atoms with Gasteiger partial charge in [-0.05, 0) is 67.9 Å². The summed E-state index contributed by atoms with van der Waals surface area (Å²) in [5, 5.41) is 6.46. The van der Waals surface area contributed by atoms with Gasteiger partial charge < -0.3 is 10.6 Å². The van der Waals surface area contributed by atoms with Gasteiger partial charge in [-0.15, -0.1) is 0 Å². The van der Waals surface area contributed by atoms with E-state index in [2.05, 4.69) is 58.6 Å². The maximum Gasteiger partial charge on any atom is 0.171 e. The number of benzene rings is 2. The van der Waals surface area contributed by atoms with Gasteiger partial charge in [0.15, 0.2) is 5.11 Å². The van der Waals surface area contributed by atoms with Gasteiger partial charge in [-0.3, -0.25) is 0 Å². The first-order valence-corrected chi connectivity index (χ1v) is 8.16. The van der Waals surface area contributed by atoms with Crippen LogP contribution in [0.3, 0.4) is 0 Å². The monoisotopic (exact) mass is 380 g/mol. The Balaban J connectivity index is 2.03. The highest BCUT2D eigenvalue weighted by Crippen LogP contribution is 2.20. The average molecular weight is 381 g/mol. The van der Waals surface area contributed by atoms with Crippen molar-refractivity contribution in [3.63, 3.8) is 0 Å². The first kappa shape index (κ1) is 16.9. The normalized spacial score (nSPS) is 11.9. The van der Waals surface area contributed by atoms with E-state index < -0.39 is 0 Å². The zero-order valence-corrected chi connectivity index (χ0v) is 15.1. The Morgan fingerprint density at radius 2 is 1.86 bits per heavy atom. The summed E-state index contributed by atoms with van der Waals surface area (Å²) in [5.74, 6) is -0.350. The molecule has 0 aromatic heterocycles. The molecule has 0 aliphatic heterocycles. The highest BCUT2D eigenvalue weighted by Gasteiger charge is 2.10. The molecule has 0 heterocycles. The number of aryl methyl sites for hydroxylation is 2. The molecule has 2 aromatic carbocycles. The summed E-state index contributed by atoms with van der Waals surface area (Å²) >= 11 is 8.49. The van der Waals surface area contributed by atoms with E-state index in [4.69, 9.17) is 12.2 Å². The van der Waals surface area contributed by atoms with Crippen LogP contribution in [0.25, 0.3) is 0 Å². The van der Waals surface area contributed by atoms with Crippen LogP contribution in [0.2, 0.25) is 0 Å². The fraction of sp³-hybridized carbons (Fsp3) is 0.235. The Kier molecular flexibility index (Phi) is 5.53. The maximum absolute atomic E-state index is 13.8. The van der Waals surface area contributed by atoms with Gasteiger partial charge in [-0.1, -0.05) is 34.1 Å². The quantitative estimate of drug-likeness (QED) is 0.710. The predicted molar refractivity (Wildman–Crippen MR) is 97.8 cm³/mol. The summed E-state index contributed by atoms with van der Waals surface area (Å²) in [7, 11) is 0. The van der Waals surface area contributed by atoms with Crippen LogP contribution in [-0.4, -0.2) is 5.11 Å². The molecule has 2 N–H and O–H groups in total. The van der Waals surface area contributed by atoms with Gasteiger partial charge in [0.05, 0.1) is 11.7 Å². The molecule has 5 heteroatoms. The summed E-state index contributed by atoms with van der Waals surface area (Å²) in [4.78, 5) is 0. The van der Waals surface area contributed by atoms with Crippen LogP contribution >= 0.6 is 28.1 Å². The number of hydrogen-bond acceptors (Lipinski definition) is 1. The molecule has 2 aromatic rings. The number of halogens is 2. The van der Waals surface area contributed by atoms with Crippen molar-refractivity contribution in [3.05, 3.63) is 63.4 Å². The van der Waals surface area contributed by atoms with Gasteiger partial charge in [0.25, 0.3) is 0 Å². The summed E-state index contributed by atoms with van der Waals surface area (Å²) in [5.41, 5.74) is 3.99. The van der Waals surface area contributed by atoms with Crippen LogP contribution in [0.5, 0.6) is 0 Å². The third-order valence-corrected chi connectivity index (χ3v) is 4.27. The lowest BCUT2D eigenvalue weighted by Crippen LogP contribution is -2.31. The van der Waals surface area contributed by atoms with Gasteiger partial charge in [-0.25, -0.2) is 4.39 Å². The Hall–Kier alpha value is -1.46. The lowest BCUT2D eigenvalue weighted by molar-refractivity contribution is 0.631. The molecule has 0 amide bonds. The zero-order valence-electron chi connectivity index (χ0n) is 12.7. The lowest BCUT2D eigenvalue weighted by atomic mass is 10.0. The van der Waals surface area contributed by atoms with Gasteiger partial charge in [0.2, 0.25) is 0 Å². The molecule has 116 valence electrons. The Bertz CT molecular complexity index is 703. The van der Waals surface area contributed by atoms with E-state index in [1.54, 1.807) is 12.1 Å². The summed E-state index contributed by atoms with van der Waals surface area (Å²) < 4.78 is 14.5. The molecule has 0 aliphatic carbocycles. The van der Waals surface area contributed by atoms with Crippen LogP contribution in [0.15, 0.2) is 40.9 Å². The van der Waals surface area contributed by atoms with Crippen molar-refractivity contribution in [2.75, 3.05) is 5.32 Å². The van der Waals surface area contributed by atoms with Crippen molar-refractivity contribution >= 4 is 38.9 Å². The molecule has 0 saturated carbocycles. The largest absolute Gasteiger partial charge is 0.356 e. The van der Waals surface area contributed by atoms with E-state index in [0.717, 1.165) is 5.56 Å². The Morgan fingerprint density at radius 1 is 1.14 bits per heavy atom. The third kappa shape index (κ3) is 4.27. The standard InChI is InChI=1S/C17H18BrFN2S/c1-10-4-5-13(8-11(10)2)12(3)20-17(22)21-16-7-6-14(18)9-15(16)19/h4-9,12H,1-3H3,(H2,20,21,22)/t12-/m1/s1. The number of rotatable bonds is 3. The van der Waals surface area contributed by atoms with Gasteiger partial charge in [0.1, 0.15) is 5.82 Å². The molecule has 1 atom stereocenters. The third-order valence-electron chi connectivity index (χ3n) is 3.56. The van der Waals surface area contributed by atoms with Crippen LogP contribution in [-0.2, 0) is 0 Å². The van der Waals surface area contributed by atoms with Crippen molar-refractivity contribution in [1.82, 2.24) is 5.32 Å². The molecular formula is C17H18BrFN2S. The molecule has 22 heavy (non-hydrogen) atoms. The van der Waals surface area contributed by atoms with E-state index in [0.29, 0.717) is 15.3 Å². The van der Waals surface area contributed by atoms with Crippen molar-refractivity contribution in [3.8, 4) is 0 Å². The van der Waals surface area contributed by atoms with Gasteiger partial charge in [0, 0.05) is 4.47 Å². The van der Waals surface area contributed by atoms with E-state index in [1.807, 2.05) is 6.92 Å². The fourth-order valence-corrected chi connectivity index (χ4v) is 2.68. The molecule has 0 bridgehead atoms. The van der Waals surface area contributed by atoms with E-state index in [-0.39, 0.29) is 11.9 Å². The average Bonchev–Trinajstić information content (AvgIpc) is 2.45. The fourth-order valence-electron chi connectivity index (χ4n) is 2.06. The first-order chi connectivity index (χ1) is 10.4. The van der Waals surface area contributed by atoms with Crippen LogP contribution < -0.4 is 10.6 Å². The molecule has 0 saturated heterocycles. The second kappa shape index (κ2) is 7.20. The van der Waals surface area contributed by atoms with Crippen LogP contribution in [0.4, 0.5) is 10.1 Å². The molecule has 0 radical (unpaired) electrons. The summed E-state index contributed by atoms with van der Waals surface area (Å²) in [6.45, 7) is 6.19. The smallest absolute Gasteiger partial charge is 0.171 e. The minimum absolute atomic E-state index is 0.0396. The predicted octanol–water partition coefficient (Wildman–Crippen LogP) is 5.25. The van der Waals surface area contributed by atoms with E-state index in [9.17, 15) is 4.39 Å². The van der Waals surface area contributed by atoms with Crippen LogP contribution in [0.1, 0.15) is 29.7 Å². The Labute approximate surface area is 144 Å². The molecule has 2 nitrogen and oxygen atoms in total. The minimum Gasteiger partial charge on any atom is -0.356 e. The van der Waals surface area contributed by atoms with Crippen LogP contribution in [0, 0.1) is 19.7 Å². The zero-order chi connectivity index (χ0) is 16.3. The van der Waals surface area contributed by atoms with E-state index in [1.165, 1.54) is 17.2 Å². The maximum atomic E-state index is 13.8. The number of thiocarbonyl (C=S) groups is 1.